The van der Waals surface area contributed by atoms with Gasteiger partial charge in [0, 0.05) is 120 Å². The SMILES string of the molecule is Cc1cc(C)n2c1C=C1C=CC(CCC(=O)NCCN3C(=O)CC(SC[C@H](CC(=O)[C@H](CC(=O)O)NC(=O)[C@@H](N)CNC(=O)[C@@H](CC(=O)[C@H](Cc4ccccc4)NC(=O)CCCCC(=O)CC[C@H](NC(=S)NCCCCCC(=O)O)C(=O)O)Cc4ccccc4)C(=O)O)C3=O)=[N+]1[B-]2(F)F.O=C=O. The van der Waals surface area contributed by atoms with Gasteiger partial charge in [0.2, 0.25) is 35.4 Å². The molecule has 4 heterocycles. The van der Waals surface area contributed by atoms with Gasteiger partial charge in [-0.15, -0.1) is 11.8 Å². The predicted molar refractivity (Wildman–Crippen MR) is 370 cm³/mol. The van der Waals surface area contributed by atoms with E-state index in [4.69, 9.17) is 32.6 Å². The number of halogens is 2. The van der Waals surface area contributed by atoms with Crippen molar-refractivity contribution >= 4 is 131 Å². The second kappa shape index (κ2) is 41.1. The molecule has 3 aliphatic rings. The maximum atomic E-state index is 15.9. The summed E-state index contributed by atoms with van der Waals surface area (Å²) in [5.74, 6) is -14.2. The number of nitrogens with one attached hydrogen (secondary N) is 6. The molecule has 3 aliphatic heterocycles. The second-order valence-electron chi connectivity index (χ2n) is 24.8. The Morgan fingerprint density at radius 3 is 1.95 bits per heavy atom. The zero-order valence-electron chi connectivity index (χ0n) is 56.4. The molecule has 7 atom stereocenters. The van der Waals surface area contributed by atoms with Crippen molar-refractivity contribution in [3.63, 3.8) is 0 Å². The minimum atomic E-state index is -4.24. The first-order valence-corrected chi connectivity index (χ1v) is 34.6. The number of aliphatic carboxylic acids is 4. The van der Waals surface area contributed by atoms with Crippen molar-refractivity contribution in [2.24, 2.45) is 17.6 Å². The van der Waals surface area contributed by atoms with E-state index in [0.29, 0.717) is 59.6 Å². The third-order valence-electron chi connectivity index (χ3n) is 17.0. The van der Waals surface area contributed by atoms with Crippen molar-refractivity contribution in [3.05, 3.63) is 113 Å². The largest absolute Gasteiger partial charge is 0.737 e. The lowest BCUT2D eigenvalue weighted by Crippen LogP contribution is -2.53. The quantitative estimate of drug-likeness (QED) is 0.0168. The summed E-state index contributed by atoms with van der Waals surface area (Å²) in [6, 6.07) is 13.4. The van der Waals surface area contributed by atoms with Crippen molar-refractivity contribution < 1.29 is 105 Å². The highest BCUT2D eigenvalue weighted by molar-refractivity contribution is 8.00. The van der Waals surface area contributed by atoms with Crippen molar-refractivity contribution in [2.45, 2.75) is 159 Å². The Labute approximate surface area is 595 Å². The molecule has 1 aromatic heterocycles. The van der Waals surface area contributed by atoms with Crippen LogP contribution in [0.2, 0.25) is 0 Å². The zero-order chi connectivity index (χ0) is 75.2. The van der Waals surface area contributed by atoms with Gasteiger partial charge in [0.25, 0.3) is 0 Å². The van der Waals surface area contributed by atoms with Crippen molar-refractivity contribution in [1.82, 2.24) is 41.3 Å². The topological polar surface area (TPSA) is 446 Å². The Morgan fingerprint density at radius 1 is 0.686 bits per heavy atom. The van der Waals surface area contributed by atoms with Gasteiger partial charge in [-0.2, -0.15) is 9.59 Å². The van der Waals surface area contributed by atoms with E-state index in [1.54, 1.807) is 92.7 Å². The standard InChI is InChI=1S/C67H85BF2N10O17S2.CO2/c1-40-30-41(2)79-53(40)35-47-22-21-46(80(47)68(79,69)70)23-26-57(84)72-28-29-78-59(86)37-56(64(78)93)99-39-45(65(94)95)34-55(83)52(36-61(89)90)76-63(92)49(71)38-74-62(91)44(31-42-14-6-3-7-15-42)33-54(82)51(32-43-16-8-4-9-17-43)75-58(85)19-12-11-18-48(81)24-25-50(66(96)97)77-67(98)73-27-13-5-10-20-60(87)88;2-1-3/h3-4,6-9,14-17,21-22,30,35,44-45,49-52,56H,5,10-13,18-20,23-29,31-34,36-39,71H2,1-2H3,(H,72,84)(H,74,91)(H,75,85)(H,76,92)(H,87,88)(H,89,90)(H,94,95)(H,96,97)(H2,73,77,98);/t44-,45+,49+,50+,51+,52+,56?;/m1./s1. The second-order valence-corrected chi connectivity index (χ2v) is 26.4. The van der Waals surface area contributed by atoms with Gasteiger partial charge in [0.15, 0.2) is 22.4 Å². The summed E-state index contributed by atoms with van der Waals surface area (Å²) in [6.45, 7) is -1.51. The first-order chi connectivity index (χ1) is 48.4. The van der Waals surface area contributed by atoms with Gasteiger partial charge in [-0.25, -0.2) is 4.79 Å². The van der Waals surface area contributed by atoms with Gasteiger partial charge in [0.05, 0.1) is 29.7 Å². The average molecular weight is 1460 g/mol. The number of Topliss-reactive ketones (excluding diaryl/α,β-unsaturated/α-hetero) is 3. The maximum Gasteiger partial charge on any atom is 0.737 e. The van der Waals surface area contributed by atoms with Crippen LogP contribution in [0.4, 0.5) is 8.63 Å². The number of ketones is 3. The van der Waals surface area contributed by atoms with Gasteiger partial charge in [-0.1, -0.05) is 67.1 Å². The summed E-state index contributed by atoms with van der Waals surface area (Å²) >= 11 is 5.97. The van der Waals surface area contributed by atoms with Crippen molar-refractivity contribution in [1.29, 1.82) is 0 Å². The molecule has 0 spiro atoms. The number of amides is 6. The molecule has 29 nitrogen and oxygen atoms in total. The summed E-state index contributed by atoms with van der Waals surface area (Å²) < 4.78 is 33.6. The number of rotatable bonds is 44. The van der Waals surface area contributed by atoms with Gasteiger partial charge in [0.1, 0.15) is 23.6 Å². The number of hydrogen-bond donors (Lipinski definition) is 11. The molecule has 102 heavy (non-hydrogen) atoms. The van der Waals surface area contributed by atoms with Crippen LogP contribution in [-0.4, -0.2) is 196 Å². The van der Waals surface area contributed by atoms with E-state index in [9.17, 15) is 77.6 Å². The van der Waals surface area contributed by atoms with Crippen LogP contribution in [0.5, 0.6) is 0 Å². The molecular formula is C68H85BF2N10O19S2. The van der Waals surface area contributed by atoms with Gasteiger partial charge >= 0.3 is 37.0 Å². The Balaban J connectivity index is 0.00000613. The van der Waals surface area contributed by atoms with E-state index >= 15 is 8.63 Å². The molecule has 0 aliphatic carbocycles. The number of carboxylic acid groups (broad SMARTS) is 4. The van der Waals surface area contributed by atoms with Crippen LogP contribution < -0.4 is 37.6 Å². The Hall–Kier alpha value is -9.92. The average Bonchev–Trinajstić information content (AvgIpc) is 1.56. The number of imide groups is 1. The van der Waals surface area contributed by atoms with E-state index in [1.807, 2.05) is 0 Å². The number of thiocarbonyl (C=S) groups is 1. The van der Waals surface area contributed by atoms with Crippen molar-refractivity contribution in [3.8, 4) is 0 Å². The number of allylic oxidation sites excluding steroid dienone is 2. The fourth-order valence-electron chi connectivity index (χ4n) is 11.7. The van der Waals surface area contributed by atoms with Gasteiger partial charge in [-0.3, -0.25) is 62.4 Å². The van der Waals surface area contributed by atoms with Crippen molar-refractivity contribution in [2.75, 3.05) is 31.9 Å². The highest BCUT2D eigenvalue weighted by atomic mass is 32.2. The molecule has 550 valence electrons. The number of fused-ring (bicyclic) bond motifs is 2. The molecular weight excluding hydrogens is 1370 g/mol. The van der Waals surface area contributed by atoms with Crippen LogP contribution >= 0.6 is 24.0 Å². The Morgan fingerprint density at radius 2 is 1.31 bits per heavy atom. The number of likely N-dealkylation sites (tertiary alicyclic amines) is 1. The fraction of sp³-hybridized carbons (Fsp3) is 0.471. The van der Waals surface area contributed by atoms with Gasteiger partial charge in [-0.05, 0) is 99.5 Å². The molecule has 12 N–H and O–H groups in total. The first-order valence-electron chi connectivity index (χ1n) is 33.1. The number of aryl methyl sites for hydroxylation is 2. The normalized spacial score (nSPS) is 15.8. The Bertz CT molecular complexity index is 3720. The molecule has 0 radical (unpaired) electrons. The molecule has 0 saturated carbocycles. The highest BCUT2D eigenvalue weighted by Gasteiger charge is 2.52. The third kappa shape index (κ3) is 26.2. The number of nitrogens with zero attached hydrogens (tertiary/aromatic N) is 3. The van der Waals surface area contributed by atoms with Crippen LogP contribution in [0.25, 0.3) is 6.08 Å². The van der Waals surface area contributed by atoms with E-state index in [0.717, 1.165) is 25.6 Å². The first kappa shape index (κ1) is 82.8. The lowest BCUT2D eigenvalue weighted by atomic mass is 9.89. The van der Waals surface area contributed by atoms with E-state index < -0.39 is 151 Å². The highest BCUT2D eigenvalue weighted by Crippen LogP contribution is 2.35. The number of nitrogens with two attached hydrogens (primary N) is 1. The predicted octanol–water partition coefficient (Wildman–Crippen LogP) is 2.96. The summed E-state index contributed by atoms with van der Waals surface area (Å²) in [5.41, 5.74) is 9.57. The lowest BCUT2D eigenvalue weighted by Gasteiger charge is -2.30. The summed E-state index contributed by atoms with van der Waals surface area (Å²) in [7, 11) is 0. The van der Waals surface area contributed by atoms with Crippen LogP contribution in [0.15, 0.2) is 84.6 Å². The van der Waals surface area contributed by atoms with Gasteiger partial charge < -0.3 is 75.7 Å². The number of thioether (sulfide) groups is 1. The number of carbonyl (C=O) groups is 13. The summed E-state index contributed by atoms with van der Waals surface area (Å²) in [4.78, 5) is 185. The van der Waals surface area contributed by atoms with Crippen LogP contribution in [0.3, 0.4) is 0 Å². The monoisotopic (exact) mass is 1460 g/mol. The minimum Gasteiger partial charge on any atom is -0.481 e. The molecule has 3 aromatic rings. The summed E-state index contributed by atoms with van der Waals surface area (Å²) in [5, 5.41) is 53.2. The minimum absolute atomic E-state index is 0.00966. The van der Waals surface area contributed by atoms with E-state index in [2.05, 4.69) is 31.9 Å². The van der Waals surface area contributed by atoms with Crippen LogP contribution in [0, 0.1) is 25.7 Å². The number of benzene rings is 2. The van der Waals surface area contributed by atoms with Crippen LogP contribution in [0.1, 0.15) is 131 Å². The molecule has 34 heteroatoms. The summed E-state index contributed by atoms with van der Waals surface area (Å²) in [6.07, 6.45) is 4.35. The number of carbonyl (C=O) groups excluding carboxylic acids is 11. The fourth-order valence-corrected chi connectivity index (χ4v) is 13.2. The zero-order valence-corrected chi connectivity index (χ0v) is 58.0. The molecule has 1 saturated heterocycles. The smallest absolute Gasteiger partial charge is 0.481 e. The molecule has 6 amide bonds. The maximum absolute atomic E-state index is 15.9. The number of unbranched alkanes of at least 4 members (excludes halogenated alkanes) is 3. The van der Waals surface area contributed by atoms with E-state index in [1.165, 1.54) is 6.08 Å². The number of carboxylic acids is 4. The number of aromatic nitrogens is 1. The van der Waals surface area contributed by atoms with E-state index in [-0.39, 0.29) is 113 Å². The molecule has 1 fully saturated rings. The number of hydrogen-bond acceptors (Lipinski definition) is 18. The van der Waals surface area contributed by atoms with Crippen LogP contribution in [-0.2, 0) is 84.8 Å². The molecule has 6 rings (SSSR count). The lowest BCUT2D eigenvalue weighted by molar-refractivity contribution is -0.362. The Kier molecular flexibility index (Phi) is 33.4. The molecule has 2 aromatic carbocycles. The molecule has 0 bridgehead atoms. The third-order valence-corrected chi connectivity index (χ3v) is 18.6. The molecule has 1 unspecified atom stereocenters.